The van der Waals surface area contributed by atoms with Crippen molar-refractivity contribution in [1.82, 2.24) is 10.3 Å². The first-order valence-electron chi connectivity index (χ1n) is 9.35. The zero-order valence-corrected chi connectivity index (χ0v) is 14.1. The van der Waals surface area contributed by atoms with E-state index in [9.17, 15) is 4.79 Å². The summed E-state index contributed by atoms with van der Waals surface area (Å²) in [7, 11) is 0. The molecule has 23 heavy (non-hydrogen) atoms. The van der Waals surface area contributed by atoms with Crippen LogP contribution >= 0.6 is 0 Å². The third kappa shape index (κ3) is 4.69. The molecule has 3 rings (SSSR count). The van der Waals surface area contributed by atoms with Crippen LogP contribution in [0.5, 0.6) is 0 Å². The normalized spacial score (nSPS) is 20.6. The van der Waals surface area contributed by atoms with Gasteiger partial charge in [0, 0.05) is 19.1 Å². The molecule has 1 aliphatic carbocycles. The highest BCUT2D eigenvalue weighted by atomic mass is 16.1. The summed E-state index contributed by atoms with van der Waals surface area (Å²) < 4.78 is 0. The van der Waals surface area contributed by atoms with Gasteiger partial charge in [-0.1, -0.05) is 38.5 Å². The molecule has 1 saturated carbocycles. The van der Waals surface area contributed by atoms with Crippen molar-refractivity contribution < 1.29 is 4.79 Å². The summed E-state index contributed by atoms with van der Waals surface area (Å²) in [6.45, 7) is 2.21. The number of anilines is 1. The number of carbonyl (C=O) groups excluding carboxylic acids is 1. The monoisotopic (exact) mass is 315 g/mol. The van der Waals surface area contributed by atoms with Crippen LogP contribution in [0.3, 0.4) is 0 Å². The number of rotatable bonds is 3. The molecule has 1 amide bonds. The Labute approximate surface area is 139 Å². The fourth-order valence-corrected chi connectivity index (χ4v) is 3.72. The third-order valence-electron chi connectivity index (χ3n) is 5.14. The molecule has 1 N–H and O–H groups in total. The Morgan fingerprint density at radius 3 is 2.22 bits per heavy atom. The van der Waals surface area contributed by atoms with Gasteiger partial charge in [-0.15, -0.1) is 0 Å². The third-order valence-corrected chi connectivity index (χ3v) is 5.14. The van der Waals surface area contributed by atoms with Crippen LogP contribution < -0.4 is 10.2 Å². The van der Waals surface area contributed by atoms with Crippen molar-refractivity contribution in [1.29, 1.82) is 0 Å². The Morgan fingerprint density at radius 1 is 0.957 bits per heavy atom. The Bertz CT molecular complexity index is 484. The number of hydrogen-bond acceptors (Lipinski definition) is 3. The molecule has 1 aliphatic heterocycles. The molecule has 0 radical (unpaired) electrons. The van der Waals surface area contributed by atoms with Crippen molar-refractivity contribution in [3.8, 4) is 0 Å². The van der Waals surface area contributed by atoms with Gasteiger partial charge in [-0.3, -0.25) is 4.79 Å². The van der Waals surface area contributed by atoms with Gasteiger partial charge in [0.2, 0.25) is 0 Å². The lowest BCUT2D eigenvalue weighted by molar-refractivity contribution is 0.0928. The quantitative estimate of drug-likeness (QED) is 0.860. The lowest BCUT2D eigenvalue weighted by atomic mass is 10.1. The molecule has 0 aromatic carbocycles. The highest BCUT2D eigenvalue weighted by Gasteiger charge is 2.17. The maximum atomic E-state index is 12.4. The molecule has 4 nitrogen and oxygen atoms in total. The second kappa shape index (κ2) is 8.32. The van der Waals surface area contributed by atoms with Crippen LogP contribution in [0.1, 0.15) is 74.7 Å². The van der Waals surface area contributed by atoms with Crippen LogP contribution in [0.15, 0.2) is 18.3 Å². The van der Waals surface area contributed by atoms with Crippen LogP contribution in [0.25, 0.3) is 0 Å². The first-order valence-corrected chi connectivity index (χ1v) is 9.35. The first kappa shape index (κ1) is 16.3. The summed E-state index contributed by atoms with van der Waals surface area (Å²) >= 11 is 0. The smallest absolute Gasteiger partial charge is 0.270 e. The van der Waals surface area contributed by atoms with Gasteiger partial charge in [-0.05, 0) is 37.8 Å². The summed E-state index contributed by atoms with van der Waals surface area (Å²) in [5, 5.41) is 3.17. The Balaban J connectivity index is 1.58. The minimum Gasteiger partial charge on any atom is -0.370 e. The van der Waals surface area contributed by atoms with Crippen molar-refractivity contribution in [2.75, 3.05) is 18.0 Å². The topological polar surface area (TPSA) is 45.2 Å². The second-order valence-corrected chi connectivity index (χ2v) is 6.96. The number of hydrogen-bond donors (Lipinski definition) is 1. The molecule has 1 aromatic rings. The maximum Gasteiger partial charge on any atom is 0.270 e. The molecule has 0 atom stereocenters. The van der Waals surface area contributed by atoms with Crippen LogP contribution in [-0.2, 0) is 0 Å². The fraction of sp³-hybridized carbons (Fsp3) is 0.684. The van der Waals surface area contributed by atoms with Gasteiger partial charge in [-0.2, -0.15) is 0 Å². The fourth-order valence-electron chi connectivity index (χ4n) is 3.72. The van der Waals surface area contributed by atoms with Crippen LogP contribution in [-0.4, -0.2) is 30.0 Å². The highest BCUT2D eigenvalue weighted by Crippen LogP contribution is 2.20. The zero-order valence-electron chi connectivity index (χ0n) is 14.1. The molecular formula is C19H29N3O. The lowest BCUT2D eigenvalue weighted by Crippen LogP contribution is -2.35. The van der Waals surface area contributed by atoms with E-state index in [4.69, 9.17) is 0 Å². The Kier molecular flexibility index (Phi) is 5.89. The molecule has 0 unspecified atom stereocenters. The van der Waals surface area contributed by atoms with Gasteiger partial charge in [0.15, 0.2) is 0 Å². The molecule has 2 heterocycles. The average molecular weight is 315 g/mol. The highest BCUT2D eigenvalue weighted by molar-refractivity contribution is 5.92. The molecule has 2 aliphatic rings. The van der Waals surface area contributed by atoms with Crippen LogP contribution in [0.4, 0.5) is 5.69 Å². The maximum absolute atomic E-state index is 12.4. The Hall–Kier alpha value is -1.58. The van der Waals surface area contributed by atoms with E-state index >= 15 is 0 Å². The van der Waals surface area contributed by atoms with E-state index in [1.165, 1.54) is 51.4 Å². The number of nitrogens with one attached hydrogen (secondary N) is 1. The average Bonchev–Trinajstić information content (AvgIpc) is 3.00. The molecule has 0 spiro atoms. The molecule has 4 heteroatoms. The van der Waals surface area contributed by atoms with E-state index in [1.54, 1.807) is 0 Å². The van der Waals surface area contributed by atoms with Gasteiger partial charge in [0.25, 0.3) is 5.91 Å². The first-order chi connectivity index (χ1) is 11.3. The largest absolute Gasteiger partial charge is 0.370 e. The number of pyridine rings is 1. The molecule has 2 fully saturated rings. The van der Waals surface area contributed by atoms with E-state index in [2.05, 4.69) is 21.3 Å². The molecule has 0 bridgehead atoms. The van der Waals surface area contributed by atoms with E-state index in [-0.39, 0.29) is 5.91 Å². The number of nitrogens with zero attached hydrogens (tertiary/aromatic N) is 2. The Morgan fingerprint density at radius 2 is 1.61 bits per heavy atom. The molecule has 126 valence electrons. The molecule has 1 saturated heterocycles. The lowest BCUT2D eigenvalue weighted by Gasteiger charge is -2.22. The van der Waals surface area contributed by atoms with E-state index < -0.39 is 0 Å². The summed E-state index contributed by atoms with van der Waals surface area (Å²) in [4.78, 5) is 19.2. The number of amides is 1. The zero-order chi connectivity index (χ0) is 15.9. The van der Waals surface area contributed by atoms with Crippen LogP contribution in [0, 0.1) is 0 Å². The van der Waals surface area contributed by atoms with Crippen LogP contribution in [0.2, 0.25) is 0 Å². The SMILES string of the molecule is O=C(NC1CCCCCC1)c1ccc(N2CCCCCC2)cn1. The van der Waals surface area contributed by atoms with Gasteiger partial charge >= 0.3 is 0 Å². The van der Waals surface area contributed by atoms with Crippen molar-refractivity contribution in [2.24, 2.45) is 0 Å². The molecular weight excluding hydrogens is 286 g/mol. The van der Waals surface area contributed by atoms with Crippen molar-refractivity contribution >= 4 is 11.6 Å². The van der Waals surface area contributed by atoms with Gasteiger partial charge in [0.05, 0.1) is 11.9 Å². The predicted octanol–water partition coefficient (Wildman–Crippen LogP) is 3.91. The number of carbonyl (C=O) groups is 1. The van der Waals surface area contributed by atoms with Crippen molar-refractivity contribution in [3.63, 3.8) is 0 Å². The van der Waals surface area contributed by atoms with Crippen molar-refractivity contribution in [3.05, 3.63) is 24.0 Å². The van der Waals surface area contributed by atoms with Gasteiger partial charge in [-0.25, -0.2) is 4.98 Å². The van der Waals surface area contributed by atoms with Crippen molar-refractivity contribution in [2.45, 2.75) is 70.3 Å². The van der Waals surface area contributed by atoms with Gasteiger partial charge in [0.1, 0.15) is 5.69 Å². The summed E-state index contributed by atoms with van der Waals surface area (Å²) in [5.41, 5.74) is 1.70. The molecule has 1 aromatic heterocycles. The summed E-state index contributed by atoms with van der Waals surface area (Å²) in [6, 6.07) is 4.27. The minimum atomic E-state index is -0.0145. The predicted molar refractivity (Wildman–Crippen MR) is 93.9 cm³/mol. The second-order valence-electron chi connectivity index (χ2n) is 6.96. The number of aromatic nitrogens is 1. The van der Waals surface area contributed by atoms with Gasteiger partial charge < -0.3 is 10.2 Å². The van der Waals surface area contributed by atoms with E-state index in [1.807, 2.05) is 12.3 Å². The van der Waals surface area contributed by atoms with E-state index in [0.717, 1.165) is 31.6 Å². The summed E-state index contributed by atoms with van der Waals surface area (Å²) in [6.07, 6.45) is 14.3. The summed E-state index contributed by atoms with van der Waals surface area (Å²) in [5.74, 6) is -0.0145. The minimum absolute atomic E-state index is 0.0145. The standard InChI is InChI=1S/C19H29N3O/c23-19(21-16-9-5-1-2-6-10-16)18-12-11-17(15-20-18)22-13-7-3-4-8-14-22/h11-12,15-16H,1-10,13-14H2,(H,21,23). The van der Waals surface area contributed by atoms with E-state index in [0.29, 0.717) is 11.7 Å².